The Balaban J connectivity index is 3.16. The molecule has 3 heteroatoms. The van der Waals surface area contributed by atoms with E-state index >= 15 is 0 Å². The number of hydrogen-bond acceptors (Lipinski definition) is 1. The topological polar surface area (TPSA) is 26.0 Å². The van der Waals surface area contributed by atoms with Crippen molar-refractivity contribution in [1.29, 1.82) is 0 Å². The van der Waals surface area contributed by atoms with Gasteiger partial charge in [-0.1, -0.05) is 35.3 Å². The molecule has 1 aromatic rings. The van der Waals surface area contributed by atoms with E-state index in [9.17, 15) is 0 Å². The molecule has 0 fully saturated rings. The van der Waals surface area contributed by atoms with Gasteiger partial charge in [-0.2, -0.15) is 0 Å². The van der Waals surface area contributed by atoms with Crippen LogP contribution in [0.25, 0.3) is 0 Å². The molecule has 0 aliphatic carbocycles. The lowest BCUT2D eigenvalue weighted by Crippen LogP contribution is -1.94. The predicted molar refractivity (Wildman–Crippen MR) is 54.8 cm³/mol. The van der Waals surface area contributed by atoms with Crippen molar-refractivity contribution in [3.63, 3.8) is 0 Å². The summed E-state index contributed by atoms with van der Waals surface area (Å²) in [5.74, 6) is 0. The number of anilines is 1. The Morgan fingerprint density at radius 2 is 2.08 bits per heavy atom. The first-order chi connectivity index (χ1) is 5.66. The van der Waals surface area contributed by atoms with Crippen molar-refractivity contribution in [2.24, 2.45) is 0 Å². The summed E-state index contributed by atoms with van der Waals surface area (Å²) in [6, 6.07) is 3.59. The zero-order chi connectivity index (χ0) is 9.14. The molecule has 0 aliphatic heterocycles. The van der Waals surface area contributed by atoms with Crippen molar-refractivity contribution in [2.45, 2.75) is 6.42 Å². The van der Waals surface area contributed by atoms with Crippen LogP contribution in [-0.2, 0) is 6.42 Å². The molecule has 0 saturated heterocycles. The number of hydrogen-bond donors (Lipinski definition) is 1. The quantitative estimate of drug-likeness (QED) is 0.577. The summed E-state index contributed by atoms with van der Waals surface area (Å²) in [4.78, 5) is 0. The van der Waals surface area contributed by atoms with Gasteiger partial charge in [-0.3, -0.25) is 0 Å². The van der Waals surface area contributed by atoms with Crippen LogP contribution in [0.3, 0.4) is 0 Å². The van der Waals surface area contributed by atoms with E-state index in [-0.39, 0.29) is 0 Å². The van der Waals surface area contributed by atoms with Crippen molar-refractivity contribution in [3.05, 3.63) is 40.4 Å². The van der Waals surface area contributed by atoms with Crippen molar-refractivity contribution >= 4 is 28.9 Å². The van der Waals surface area contributed by atoms with E-state index in [1.165, 1.54) is 0 Å². The molecule has 2 N–H and O–H groups in total. The summed E-state index contributed by atoms with van der Waals surface area (Å²) < 4.78 is 0. The van der Waals surface area contributed by atoms with Gasteiger partial charge in [0.05, 0.1) is 15.7 Å². The minimum Gasteiger partial charge on any atom is -0.397 e. The number of allylic oxidation sites excluding steroid dienone is 1. The third-order valence-electron chi connectivity index (χ3n) is 1.59. The predicted octanol–water partition coefficient (Wildman–Crippen LogP) is 3.30. The molecule has 1 nitrogen and oxygen atoms in total. The Morgan fingerprint density at radius 3 is 2.67 bits per heavy atom. The standard InChI is InChI=1S/C9H9Cl2N/c1-2-3-6-4-5-7(10)8(11)9(6)12/h2,4-5H,1,3,12H2. The largest absolute Gasteiger partial charge is 0.397 e. The molecule has 1 rings (SSSR count). The summed E-state index contributed by atoms with van der Waals surface area (Å²) in [6.07, 6.45) is 2.48. The van der Waals surface area contributed by atoms with Crippen LogP contribution >= 0.6 is 23.2 Å². The van der Waals surface area contributed by atoms with Gasteiger partial charge in [-0.05, 0) is 18.1 Å². The minimum absolute atomic E-state index is 0.427. The van der Waals surface area contributed by atoms with Crippen LogP contribution in [0.4, 0.5) is 5.69 Å². The first-order valence-corrected chi connectivity index (χ1v) is 4.25. The van der Waals surface area contributed by atoms with Crippen LogP contribution in [0.15, 0.2) is 24.8 Å². The molecule has 12 heavy (non-hydrogen) atoms. The van der Waals surface area contributed by atoms with Crippen molar-refractivity contribution in [2.75, 3.05) is 5.73 Å². The van der Waals surface area contributed by atoms with Crippen LogP contribution in [-0.4, -0.2) is 0 Å². The highest BCUT2D eigenvalue weighted by atomic mass is 35.5. The lowest BCUT2D eigenvalue weighted by Gasteiger charge is -2.05. The zero-order valence-electron chi connectivity index (χ0n) is 6.48. The molecule has 0 unspecified atom stereocenters. The van der Waals surface area contributed by atoms with Crippen LogP contribution < -0.4 is 5.73 Å². The monoisotopic (exact) mass is 201 g/mol. The van der Waals surface area contributed by atoms with Crippen LogP contribution in [0, 0.1) is 0 Å². The fourth-order valence-corrected chi connectivity index (χ4v) is 1.29. The maximum Gasteiger partial charge on any atom is 0.0824 e. The smallest absolute Gasteiger partial charge is 0.0824 e. The second-order valence-electron chi connectivity index (χ2n) is 2.43. The Bertz CT molecular complexity index is 308. The fraction of sp³-hybridized carbons (Fsp3) is 0.111. The molecule has 0 amide bonds. The van der Waals surface area contributed by atoms with E-state index < -0.39 is 0 Å². The molecule has 0 aliphatic rings. The maximum absolute atomic E-state index is 5.83. The number of halogens is 2. The van der Waals surface area contributed by atoms with Gasteiger partial charge < -0.3 is 5.73 Å². The highest BCUT2D eigenvalue weighted by Gasteiger charge is 2.05. The van der Waals surface area contributed by atoms with Crippen LogP contribution in [0.5, 0.6) is 0 Å². The fourth-order valence-electron chi connectivity index (χ4n) is 0.940. The molecule has 0 bridgehead atoms. The summed E-state index contributed by atoms with van der Waals surface area (Å²) in [5, 5.41) is 0.915. The van der Waals surface area contributed by atoms with Gasteiger partial charge in [-0.25, -0.2) is 0 Å². The van der Waals surface area contributed by atoms with E-state index in [4.69, 9.17) is 28.9 Å². The molecule has 1 aromatic carbocycles. The van der Waals surface area contributed by atoms with Gasteiger partial charge in [0, 0.05) is 0 Å². The third kappa shape index (κ3) is 1.74. The Kier molecular flexibility index (Phi) is 3.01. The van der Waals surface area contributed by atoms with Crippen molar-refractivity contribution in [3.8, 4) is 0 Å². The van der Waals surface area contributed by atoms with E-state index in [1.54, 1.807) is 12.1 Å². The number of rotatable bonds is 2. The summed E-state index contributed by atoms with van der Waals surface area (Å²) >= 11 is 11.6. The maximum atomic E-state index is 5.83. The molecular formula is C9H9Cl2N. The third-order valence-corrected chi connectivity index (χ3v) is 2.41. The first-order valence-electron chi connectivity index (χ1n) is 3.50. The van der Waals surface area contributed by atoms with Gasteiger partial charge >= 0.3 is 0 Å². The summed E-state index contributed by atoms with van der Waals surface area (Å²) in [7, 11) is 0. The first kappa shape index (κ1) is 9.43. The molecule has 0 aromatic heterocycles. The van der Waals surface area contributed by atoms with E-state index in [0.29, 0.717) is 22.2 Å². The number of nitrogen functional groups attached to an aromatic ring is 1. The molecule has 0 radical (unpaired) electrons. The SMILES string of the molecule is C=CCc1ccc(Cl)c(Cl)c1N. The van der Waals surface area contributed by atoms with Crippen molar-refractivity contribution in [1.82, 2.24) is 0 Å². The molecule has 64 valence electrons. The Morgan fingerprint density at radius 1 is 1.42 bits per heavy atom. The molecular weight excluding hydrogens is 193 g/mol. The zero-order valence-corrected chi connectivity index (χ0v) is 7.99. The second-order valence-corrected chi connectivity index (χ2v) is 3.21. The summed E-state index contributed by atoms with van der Waals surface area (Å²) in [5.41, 5.74) is 7.21. The number of benzene rings is 1. The van der Waals surface area contributed by atoms with Crippen LogP contribution in [0.2, 0.25) is 10.0 Å². The molecule has 0 heterocycles. The lowest BCUT2D eigenvalue weighted by molar-refractivity contribution is 1.28. The van der Waals surface area contributed by atoms with Gasteiger partial charge in [0.1, 0.15) is 0 Å². The average Bonchev–Trinajstić information content (AvgIpc) is 2.07. The average molecular weight is 202 g/mol. The highest BCUT2D eigenvalue weighted by molar-refractivity contribution is 6.43. The second kappa shape index (κ2) is 3.83. The van der Waals surface area contributed by atoms with Crippen molar-refractivity contribution < 1.29 is 0 Å². The molecule has 0 saturated carbocycles. The van der Waals surface area contributed by atoms with E-state index in [0.717, 1.165) is 5.56 Å². The van der Waals surface area contributed by atoms with Gasteiger partial charge in [0.2, 0.25) is 0 Å². The van der Waals surface area contributed by atoms with Crippen LogP contribution in [0.1, 0.15) is 5.56 Å². The van der Waals surface area contributed by atoms with Gasteiger partial charge in [0.15, 0.2) is 0 Å². The summed E-state index contributed by atoms with van der Waals surface area (Å²) in [6.45, 7) is 3.62. The minimum atomic E-state index is 0.427. The molecule has 0 atom stereocenters. The number of nitrogens with two attached hydrogens (primary N) is 1. The Labute approximate surface area is 81.8 Å². The van der Waals surface area contributed by atoms with E-state index in [1.807, 2.05) is 6.07 Å². The van der Waals surface area contributed by atoms with E-state index in [2.05, 4.69) is 6.58 Å². The molecule has 0 spiro atoms. The highest BCUT2D eigenvalue weighted by Crippen LogP contribution is 2.30. The lowest BCUT2D eigenvalue weighted by atomic mass is 10.1. The van der Waals surface area contributed by atoms with Gasteiger partial charge in [-0.15, -0.1) is 6.58 Å². The Hall–Kier alpha value is -0.660. The van der Waals surface area contributed by atoms with Gasteiger partial charge in [0.25, 0.3) is 0 Å². The normalized spacial score (nSPS) is 9.83.